The molecule has 0 aromatic carbocycles. The molecule has 190 valence electrons. The summed E-state index contributed by atoms with van der Waals surface area (Å²) in [6.07, 6.45) is 10.4. The number of hydrogen-bond acceptors (Lipinski definition) is 5. The minimum Gasteiger partial charge on any atom is -0.748 e. The van der Waals surface area contributed by atoms with Crippen LogP contribution >= 0.6 is 0 Å². The Kier molecular flexibility index (Phi) is 7.58. The fourth-order valence-corrected chi connectivity index (χ4v) is 9.17. The average molecular weight is 510 g/mol. The van der Waals surface area contributed by atoms with Crippen LogP contribution < -0.4 is 34.9 Å². The van der Waals surface area contributed by atoms with Crippen molar-refractivity contribution >= 4 is 16.0 Å². The quantitative estimate of drug-likeness (QED) is 0.395. The van der Waals surface area contributed by atoms with Gasteiger partial charge in [0.15, 0.2) is 0 Å². The first kappa shape index (κ1) is 23.5. The van der Waals surface area contributed by atoms with Crippen LogP contribution in [0.1, 0.15) is 96.9 Å². The summed E-state index contributed by atoms with van der Waals surface area (Å²) in [4.78, 5) is 12.5. The fourth-order valence-electron chi connectivity index (χ4n) is 8.99. The van der Waals surface area contributed by atoms with Crippen molar-refractivity contribution < 1.29 is 57.9 Å². The SMILES string of the molecule is [2H]C([2H])(NC(=O)CC[C@@H](C)[C@H]1CC[C@H]2[C@@H]3CC[C@@H]4C[C@H](O)CC[C@]4(C)[C@H]3CC[C@]12C)C([2H])([2H])S(=O)(=O)[O-].[Na+]. The molecule has 2 N–H and O–H groups in total. The number of amides is 1. The van der Waals surface area contributed by atoms with Crippen LogP contribution in [0.5, 0.6) is 0 Å². The summed E-state index contributed by atoms with van der Waals surface area (Å²) < 4.78 is 63.6. The van der Waals surface area contributed by atoms with Gasteiger partial charge in [-0.15, -0.1) is 0 Å². The summed E-state index contributed by atoms with van der Waals surface area (Å²) in [5.74, 6) is 2.56. The molecular formula is C26H44NNaO5S. The van der Waals surface area contributed by atoms with Gasteiger partial charge in [-0.1, -0.05) is 20.8 Å². The molecule has 4 aliphatic rings. The Balaban J connectivity index is 0.00000400. The molecule has 0 bridgehead atoms. The summed E-state index contributed by atoms with van der Waals surface area (Å²) >= 11 is 0. The largest absolute Gasteiger partial charge is 1.00 e. The van der Waals surface area contributed by atoms with E-state index in [4.69, 9.17) is 5.48 Å². The first-order valence-electron chi connectivity index (χ1n) is 14.9. The Labute approximate surface area is 234 Å². The van der Waals surface area contributed by atoms with E-state index in [9.17, 15) is 22.9 Å². The third-order valence-electron chi connectivity index (χ3n) is 10.6. The molecule has 34 heavy (non-hydrogen) atoms. The molecule has 0 aliphatic heterocycles. The van der Waals surface area contributed by atoms with E-state index in [0.717, 1.165) is 32.1 Å². The van der Waals surface area contributed by atoms with Crippen LogP contribution in [0.4, 0.5) is 0 Å². The number of aliphatic hydroxyl groups excluding tert-OH is 1. The number of hydrogen-bond donors (Lipinski definition) is 2. The van der Waals surface area contributed by atoms with E-state index in [1.54, 1.807) is 0 Å². The number of carbonyl (C=O) groups excluding carboxylic acids is 1. The van der Waals surface area contributed by atoms with E-state index in [2.05, 4.69) is 20.8 Å². The Morgan fingerprint density at radius 2 is 1.79 bits per heavy atom. The first-order chi connectivity index (χ1) is 16.9. The van der Waals surface area contributed by atoms with Gasteiger partial charge < -0.3 is 15.0 Å². The Bertz CT molecular complexity index is 1000. The number of rotatable bonds is 7. The number of fused-ring (bicyclic) bond motifs is 5. The van der Waals surface area contributed by atoms with Gasteiger partial charge in [0.05, 0.1) is 24.7 Å². The molecular weight excluding hydrogens is 461 g/mol. The second-order valence-corrected chi connectivity index (χ2v) is 13.2. The van der Waals surface area contributed by atoms with Crippen molar-refractivity contribution in [2.24, 2.45) is 46.3 Å². The average Bonchev–Trinajstić information content (AvgIpc) is 3.14. The van der Waals surface area contributed by atoms with E-state index in [1.807, 2.05) is 5.32 Å². The molecule has 0 aromatic rings. The van der Waals surface area contributed by atoms with E-state index in [0.29, 0.717) is 41.4 Å². The topological polar surface area (TPSA) is 107 Å². The molecule has 0 heterocycles. The van der Waals surface area contributed by atoms with Crippen molar-refractivity contribution in [2.75, 3.05) is 12.2 Å². The minimum absolute atomic E-state index is 0. The van der Waals surface area contributed by atoms with Crippen molar-refractivity contribution in [3.63, 3.8) is 0 Å². The maximum absolute atomic E-state index is 12.5. The van der Waals surface area contributed by atoms with Crippen LogP contribution in [0, 0.1) is 46.3 Å². The number of nitrogens with one attached hydrogen (secondary N) is 1. The summed E-state index contributed by atoms with van der Waals surface area (Å²) in [6, 6.07) is 0. The van der Waals surface area contributed by atoms with Crippen LogP contribution in [0.3, 0.4) is 0 Å². The summed E-state index contributed by atoms with van der Waals surface area (Å²) in [6.45, 7) is 3.72. The molecule has 4 fully saturated rings. The predicted octanol–water partition coefficient (Wildman–Crippen LogP) is 1.09. The van der Waals surface area contributed by atoms with Gasteiger partial charge in [0.25, 0.3) is 0 Å². The molecule has 8 heteroatoms. The van der Waals surface area contributed by atoms with Gasteiger partial charge in [0.2, 0.25) is 5.91 Å². The maximum atomic E-state index is 12.5. The molecule has 4 aliphatic carbocycles. The fraction of sp³-hybridized carbons (Fsp3) is 0.962. The zero-order chi connectivity index (χ0) is 27.6. The van der Waals surface area contributed by atoms with Gasteiger partial charge >= 0.3 is 29.6 Å². The molecule has 0 saturated heterocycles. The Hall–Kier alpha value is 0.340. The monoisotopic (exact) mass is 509 g/mol. The summed E-state index contributed by atoms with van der Waals surface area (Å²) in [7, 11) is -5.61. The first-order valence-corrected chi connectivity index (χ1v) is 14.3. The Morgan fingerprint density at radius 1 is 1.12 bits per heavy atom. The predicted molar refractivity (Wildman–Crippen MR) is 127 cm³/mol. The smallest absolute Gasteiger partial charge is 0.748 e. The van der Waals surface area contributed by atoms with Crippen molar-refractivity contribution in [3.8, 4) is 0 Å². The second-order valence-electron chi connectivity index (χ2n) is 12.1. The minimum atomic E-state index is -5.61. The van der Waals surface area contributed by atoms with Gasteiger partial charge in [0.1, 0.15) is 0 Å². The Morgan fingerprint density at radius 3 is 2.50 bits per heavy atom. The van der Waals surface area contributed by atoms with Crippen molar-refractivity contribution in [1.82, 2.24) is 5.32 Å². The van der Waals surface area contributed by atoms with E-state index >= 15 is 0 Å². The molecule has 4 rings (SSSR count). The second kappa shape index (κ2) is 11.0. The molecule has 4 saturated carbocycles. The van der Waals surface area contributed by atoms with E-state index < -0.39 is 28.2 Å². The van der Waals surface area contributed by atoms with Gasteiger partial charge in [-0.25, -0.2) is 8.42 Å². The van der Waals surface area contributed by atoms with Crippen molar-refractivity contribution in [1.29, 1.82) is 0 Å². The molecule has 0 unspecified atom stereocenters. The standard InChI is InChI=1S/C26H45NO5S.Na/c1-17(4-9-24(29)27-14-15-33(30,31)32)21-7-8-22-20-6-5-18-16-19(28)10-12-25(18,2)23(20)11-13-26(21,22)3;/h17-23,28H,4-16H2,1-3H3,(H,27,29)(H,30,31,32);/q;+1/p-1/t17-,18-,19-,20+,21-,22+,23+,25+,26-;/m1./s1/i14D2,15D2;. The molecule has 0 spiro atoms. The maximum Gasteiger partial charge on any atom is 1.00 e. The van der Waals surface area contributed by atoms with E-state index in [-0.39, 0.29) is 53.4 Å². The van der Waals surface area contributed by atoms with Crippen molar-refractivity contribution in [2.45, 2.75) is 97.5 Å². The number of carbonyl (C=O) groups is 1. The van der Waals surface area contributed by atoms with Gasteiger partial charge in [-0.3, -0.25) is 4.79 Å². The van der Waals surface area contributed by atoms with Crippen LogP contribution in [0.25, 0.3) is 0 Å². The summed E-state index contributed by atoms with van der Waals surface area (Å²) in [5, 5.41) is 12.1. The molecule has 0 aromatic heterocycles. The molecule has 1 amide bonds. The van der Waals surface area contributed by atoms with Crippen LogP contribution in [0.15, 0.2) is 0 Å². The van der Waals surface area contributed by atoms with Crippen LogP contribution in [-0.2, 0) is 14.9 Å². The van der Waals surface area contributed by atoms with Crippen LogP contribution in [-0.4, -0.2) is 42.3 Å². The van der Waals surface area contributed by atoms with Crippen LogP contribution in [0.2, 0.25) is 0 Å². The van der Waals surface area contributed by atoms with Crippen molar-refractivity contribution in [3.05, 3.63) is 0 Å². The van der Waals surface area contributed by atoms with E-state index in [1.165, 1.54) is 25.7 Å². The van der Waals surface area contributed by atoms with Gasteiger partial charge in [-0.05, 0) is 111 Å². The zero-order valence-electron chi connectivity index (χ0n) is 25.3. The number of aliphatic hydroxyl groups is 1. The van der Waals surface area contributed by atoms with Gasteiger partial charge in [-0.2, -0.15) is 0 Å². The van der Waals surface area contributed by atoms with Gasteiger partial charge in [0, 0.05) is 15.7 Å². The third-order valence-corrected chi connectivity index (χ3v) is 11.0. The normalized spacial score (nSPS) is 45.1. The zero-order valence-corrected chi connectivity index (χ0v) is 24.1. The molecule has 9 atom stereocenters. The summed E-state index contributed by atoms with van der Waals surface area (Å²) in [5.41, 5.74) is -3.25. The molecule has 6 nitrogen and oxygen atoms in total. The third kappa shape index (κ3) is 5.75. The molecule has 0 radical (unpaired) electrons.